The van der Waals surface area contributed by atoms with E-state index >= 15 is 0 Å². The van der Waals surface area contributed by atoms with E-state index in [1.807, 2.05) is 31.2 Å². The van der Waals surface area contributed by atoms with Gasteiger partial charge in [0.05, 0.1) is 0 Å². The molecule has 2 aromatic carbocycles. The van der Waals surface area contributed by atoms with E-state index in [4.69, 9.17) is 5.73 Å². The van der Waals surface area contributed by atoms with Crippen molar-refractivity contribution in [2.75, 3.05) is 12.8 Å². The molecular weight excluding hydrogens is 239 g/mol. The van der Waals surface area contributed by atoms with Crippen LogP contribution in [0.1, 0.15) is 16.7 Å². The highest BCUT2D eigenvalue weighted by Gasteiger charge is 2.03. The average Bonchev–Trinajstić information content (AvgIpc) is 2.37. The summed E-state index contributed by atoms with van der Waals surface area (Å²) in [5, 5.41) is 0. The third-order valence-corrected chi connectivity index (χ3v) is 3.15. The number of anilines is 1. The van der Waals surface area contributed by atoms with Crippen LogP contribution >= 0.6 is 0 Å². The van der Waals surface area contributed by atoms with Gasteiger partial charge >= 0.3 is 0 Å². The van der Waals surface area contributed by atoms with E-state index in [2.05, 4.69) is 18.0 Å². The lowest BCUT2D eigenvalue weighted by Gasteiger charge is -2.17. The van der Waals surface area contributed by atoms with E-state index in [1.165, 1.54) is 17.7 Å². The summed E-state index contributed by atoms with van der Waals surface area (Å²) in [4.78, 5) is 2.19. The molecule has 0 atom stereocenters. The Labute approximate surface area is 113 Å². The zero-order valence-corrected chi connectivity index (χ0v) is 11.4. The minimum atomic E-state index is -0.194. The predicted octanol–water partition coefficient (Wildman–Crippen LogP) is 3.35. The quantitative estimate of drug-likeness (QED) is 0.852. The Morgan fingerprint density at radius 1 is 1.00 bits per heavy atom. The maximum absolute atomic E-state index is 12.8. The normalized spacial score (nSPS) is 10.9. The first-order chi connectivity index (χ1) is 9.04. The topological polar surface area (TPSA) is 29.3 Å². The number of rotatable bonds is 4. The summed E-state index contributed by atoms with van der Waals surface area (Å²) in [5.41, 5.74) is 10.1. The van der Waals surface area contributed by atoms with Crippen LogP contribution in [0.2, 0.25) is 0 Å². The number of nitrogen functional groups attached to an aromatic ring is 1. The molecule has 0 aliphatic carbocycles. The molecule has 2 rings (SSSR count). The molecule has 2 N–H and O–H groups in total. The maximum Gasteiger partial charge on any atom is 0.123 e. The van der Waals surface area contributed by atoms with Gasteiger partial charge in [0.25, 0.3) is 0 Å². The molecule has 0 amide bonds. The molecule has 0 saturated carbocycles. The van der Waals surface area contributed by atoms with E-state index in [0.717, 1.165) is 29.9 Å². The van der Waals surface area contributed by atoms with Gasteiger partial charge in [-0.15, -0.1) is 0 Å². The Morgan fingerprint density at radius 3 is 2.21 bits per heavy atom. The van der Waals surface area contributed by atoms with E-state index in [-0.39, 0.29) is 5.82 Å². The van der Waals surface area contributed by atoms with Crippen LogP contribution in [0.15, 0.2) is 42.5 Å². The molecule has 0 aliphatic rings. The smallest absolute Gasteiger partial charge is 0.123 e. The van der Waals surface area contributed by atoms with E-state index in [0.29, 0.717) is 0 Å². The lowest BCUT2D eigenvalue weighted by Crippen LogP contribution is -2.17. The number of hydrogen-bond donors (Lipinski definition) is 1. The average molecular weight is 258 g/mol. The number of benzene rings is 2. The van der Waals surface area contributed by atoms with Gasteiger partial charge in [-0.25, -0.2) is 4.39 Å². The van der Waals surface area contributed by atoms with Crippen LogP contribution in [0.5, 0.6) is 0 Å². The molecule has 3 heteroatoms. The standard InChI is InChI=1S/C16H19FN2/c1-12-9-14(5-8-16(12)18)11-19(2)10-13-3-6-15(17)7-4-13/h3-9H,10-11,18H2,1-2H3. The fourth-order valence-corrected chi connectivity index (χ4v) is 2.11. The predicted molar refractivity (Wildman–Crippen MR) is 77.2 cm³/mol. The summed E-state index contributed by atoms with van der Waals surface area (Å²) in [7, 11) is 2.05. The van der Waals surface area contributed by atoms with Crippen molar-refractivity contribution in [1.82, 2.24) is 4.90 Å². The Balaban J connectivity index is 1.98. The molecule has 0 spiro atoms. The third kappa shape index (κ3) is 3.80. The third-order valence-electron chi connectivity index (χ3n) is 3.15. The number of halogens is 1. The molecule has 0 saturated heterocycles. The van der Waals surface area contributed by atoms with Gasteiger partial charge in [-0.3, -0.25) is 4.90 Å². The van der Waals surface area contributed by atoms with Crippen LogP contribution in [0, 0.1) is 12.7 Å². The SMILES string of the molecule is Cc1cc(CN(C)Cc2ccc(F)cc2)ccc1N. The number of hydrogen-bond acceptors (Lipinski definition) is 2. The molecule has 2 aromatic rings. The van der Waals surface area contributed by atoms with Gasteiger partial charge in [0.15, 0.2) is 0 Å². The summed E-state index contributed by atoms with van der Waals surface area (Å²) in [6.07, 6.45) is 0. The van der Waals surface area contributed by atoms with Crippen LogP contribution in [0.25, 0.3) is 0 Å². The van der Waals surface area contributed by atoms with Gasteiger partial charge in [-0.2, -0.15) is 0 Å². The Bertz CT molecular complexity index is 549. The van der Waals surface area contributed by atoms with Crippen molar-refractivity contribution in [2.24, 2.45) is 0 Å². The molecular formula is C16H19FN2. The lowest BCUT2D eigenvalue weighted by molar-refractivity contribution is 0.319. The van der Waals surface area contributed by atoms with Crippen molar-refractivity contribution >= 4 is 5.69 Å². The van der Waals surface area contributed by atoms with E-state index < -0.39 is 0 Å². The van der Waals surface area contributed by atoms with Crippen molar-refractivity contribution in [3.8, 4) is 0 Å². The van der Waals surface area contributed by atoms with Crippen molar-refractivity contribution in [3.63, 3.8) is 0 Å². The fraction of sp³-hybridized carbons (Fsp3) is 0.250. The zero-order valence-electron chi connectivity index (χ0n) is 11.4. The first-order valence-electron chi connectivity index (χ1n) is 6.32. The van der Waals surface area contributed by atoms with Crippen LogP contribution in [0.3, 0.4) is 0 Å². The Kier molecular flexibility index (Phi) is 4.17. The van der Waals surface area contributed by atoms with Crippen molar-refractivity contribution in [2.45, 2.75) is 20.0 Å². The largest absolute Gasteiger partial charge is 0.399 e. The van der Waals surface area contributed by atoms with Crippen LogP contribution in [0.4, 0.5) is 10.1 Å². The molecule has 0 fully saturated rings. The molecule has 0 aliphatic heterocycles. The van der Waals surface area contributed by atoms with Crippen molar-refractivity contribution < 1.29 is 4.39 Å². The van der Waals surface area contributed by atoms with Crippen molar-refractivity contribution in [1.29, 1.82) is 0 Å². The highest BCUT2D eigenvalue weighted by Crippen LogP contribution is 2.15. The highest BCUT2D eigenvalue weighted by atomic mass is 19.1. The fourth-order valence-electron chi connectivity index (χ4n) is 2.11. The summed E-state index contributed by atoms with van der Waals surface area (Å²) in [5.74, 6) is -0.194. The van der Waals surface area contributed by atoms with Gasteiger partial charge in [0, 0.05) is 18.8 Å². The summed E-state index contributed by atoms with van der Waals surface area (Å²) < 4.78 is 12.8. The monoisotopic (exact) mass is 258 g/mol. The molecule has 100 valence electrons. The molecule has 0 radical (unpaired) electrons. The Hall–Kier alpha value is -1.87. The minimum absolute atomic E-state index is 0.194. The zero-order chi connectivity index (χ0) is 13.8. The number of nitrogens with two attached hydrogens (primary N) is 1. The highest BCUT2D eigenvalue weighted by molar-refractivity contribution is 5.47. The maximum atomic E-state index is 12.8. The second-order valence-corrected chi connectivity index (χ2v) is 4.99. The summed E-state index contributed by atoms with van der Waals surface area (Å²) in [6, 6.07) is 12.7. The summed E-state index contributed by atoms with van der Waals surface area (Å²) in [6.45, 7) is 3.65. The number of aryl methyl sites for hydroxylation is 1. The second-order valence-electron chi connectivity index (χ2n) is 4.99. The van der Waals surface area contributed by atoms with Crippen LogP contribution in [-0.2, 0) is 13.1 Å². The molecule has 19 heavy (non-hydrogen) atoms. The van der Waals surface area contributed by atoms with Crippen molar-refractivity contribution in [3.05, 3.63) is 65.0 Å². The van der Waals surface area contributed by atoms with Gasteiger partial charge in [0.2, 0.25) is 0 Å². The molecule has 2 nitrogen and oxygen atoms in total. The van der Waals surface area contributed by atoms with E-state index in [9.17, 15) is 4.39 Å². The van der Waals surface area contributed by atoms with Crippen LogP contribution < -0.4 is 5.73 Å². The lowest BCUT2D eigenvalue weighted by atomic mass is 10.1. The van der Waals surface area contributed by atoms with Gasteiger partial charge < -0.3 is 5.73 Å². The second kappa shape index (κ2) is 5.85. The Morgan fingerprint density at radius 2 is 1.58 bits per heavy atom. The summed E-state index contributed by atoms with van der Waals surface area (Å²) >= 11 is 0. The first kappa shape index (κ1) is 13.6. The molecule has 0 aromatic heterocycles. The number of nitrogens with zero attached hydrogens (tertiary/aromatic N) is 1. The molecule has 0 heterocycles. The minimum Gasteiger partial charge on any atom is -0.399 e. The first-order valence-corrected chi connectivity index (χ1v) is 6.32. The molecule has 0 unspecified atom stereocenters. The van der Waals surface area contributed by atoms with Gasteiger partial charge in [0.1, 0.15) is 5.82 Å². The van der Waals surface area contributed by atoms with Gasteiger partial charge in [-0.1, -0.05) is 24.3 Å². The van der Waals surface area contributed by atoms with Gasteiger partial charge in [-0.05, 0) is 48.9 Å². The van der Waals surface area contributed by atoms with E-state index in [1.54, 1.807) is 0 Å². The molecule has 0 bridgehead atoms. The van der Waals surface area contributed by atoms with Crippen LogP contribution in [-0.4, -0.2) is 11.9 Å².